The molecular weight excluding hydrogens is 274 g/mol. The van der Waals surface area contributed by atoms with Crippen LogP contribution in [0.15, 0.2) is 6.33 Å². The largest absolute Gasteiger partial charge is 0.394 e. The van der Waals surface area contributed by atoms with Crippen molar-refractivity contribution in [2.45, 2.75) is 24.9 Å². The van der Waals surface area contributed by atoms with Crippen LogP contribution in [-0.4, -0.2) is 48.5 Å². The fourth-order valence-electron chi connectivity index (χ4n) is 2.17. The summed E-state index contributed by atoms with van der Waals surface area (Å²) in [6.07, 6.45) is 0.0169. The van der Waals surface area contributed by atoms with Crippen molar-refractivity contribution in [1.82, 2.24) is 19.5 Å². The Labute approximate surface area is 112 Å². The van der Waals surface area contributed by atoms with E-state index in [0.29, 0.717) is 17.6 Å². The summed E-state index contributed by atoms with van der Waals surface area (Å²) in [4.78, 5) is 12.0. The first kappa shape index (κ1) is 12.5. The number of imidazole rings is 1. The Kier molecular flexibility index (Phi) is 3.02. The SMILES string of the molecule is Nc1nc(Cl)nc2c1ncn2[C@H]1C[C@@H](O)[C@@H](CO)O1. The number of aromatic nitrogens is 4. The van der Waals surface area contributed by atoms with Gasteiger partial charge in [0.1, 0.15) is 17.8 Å². The lowest BCUT2D eigenvalue weighted by Gasteiger charge is -2.13. The van der Waals surface area contributed by atoms with Crippen molar-refractivity contribution in [3.05, 3.63) is 11.6 Å². The number of nitrogens with two attached hydrogens (primary N) is 1. The van der Waals surface area contributed by atoms with E-state index < -0.39 is 18.4 Å². The van der Waals surface area contributed by atoms with Crippen LogP contribution in [0.3, 0.4) is 0 Å². The summed E-state index contributed by atoms with van der Waals surface area (Å²) in [5.41, 5.74) is 6.57. The molecule has 3 atom stereocenters. The van der Waals surface area contributed by atoms with Crippen LogP contribution in [0.2, 0.25) is 5.28 Å². The molecule has 0 aromatic carbocycles. The Balaban J connectivity index is 2.02. The van der Waals surface area contributed by atoms with E-state index in [-0.39, 0.29) is 17.7 Å². The lowest BCUT2D eigenvalue weighted by molar-refractivity contribution is -0.0432. The minimum atomic E-state index is -0.734. The van der Waals surface area contributed by atoms with Gasteiger partial charge in [-0.1, -0.05) is 0 Å². The van der Waals surface area contributed by atoms with Crippen LogP contribution in [0.25, 0.3) is 11.2 Å². The molecular formula is C10H12ClN5O3. The second-order valence-electron chi connectivity index (χ2n) is 4.32. The molecule has 102 valence electrons. The Morgan fingerprint density at radius 3 is 3.00 bits per heavy atom. The quantitative estimate of drug-likeness (QED) is 0.648. The van der Waals surface area contributed by atoms with Crippen molar-refractivity contribution in [1.29, 1.82) is 0 Å². The smallest absolute Gasteiger partial charge is 0.226 e. The highest BCUT2D eigenvalue weighted by atomic mass is 35.5. The first-order valence-corrected chi connectivity index (χ1v) is 6.08. The predicted octanol–water partition coefficient (Wildman–Crippen LogP) is -0.297. The van der Waals surface area contributed by atoms with Crippen LogP contribution in [0.5, 0.6) is 0 Å². The topological polar surface area (TPSA) is 119 Å². The molecule has 0 aliphatic carbocycles. The van der Waals surface area contributed by atoms with E-state index in [1.807, 2.05) is 0 Å². The zero-order valence-corrected chi connectivity index (χ0v) is 10.5. The highest BCUT2D eigenvalue weighted by Crippen LogP contribution is 2.31. The van der Waals surface area contributed by atoms with Gasteiger partial charge in [0.05, 0.1) is 19.0 Å². The fourth-order valence-corrected chi connectivity index (χ4v) is 2.34. The lowest BCUT2D eigenvalue weighted by Crippen LogP contribution is -2.24. The predicted molar refractivity (Wildman–Crippen MR) is 66.4 cm³/mol. The molecule has 19 heavy (non-hydrogen) atoms. The van der Waals surface area contributed by atoms with Gasteiger partial charge >= 0.3 is 0 Å². The molecule has 4 N–H and O–H groups in total. The Morgan fingerprint density at radius 1 is 1.53 bits per heavy atom. The van der Waals surface area contributed by atoms with Crippen LogP contribution in [0.1, 0.15) is 12.6 Å². The molecule has 1 fully saturated rings. The molecule has 9 heteroatoms. The van der Waals surface area contributed by atoms with Crippen molar-refractivity contribution < 1.29 is 14.9 Å². The van der Waals surface area contributed by atoms with Crippen LogP contribution in [-0.2, 0) is 4.74 Å². The molecule has 0 spiro atoms. The Bertz CT molecular complexity index is 618. The van der Waals surface area contributed by atoms with Gasteiger partial charge in [-0.2, -0.15) is 9.97 Å². The minimum absolute atomic E-state index is 0.0176. The molecule has 8 nitrogen and oxygen atoms in total. The van der Waals surface area contributed by atoms with Gasteiger partial charge in [-0.05, 0) is 11.6 Å². The van der Waals surface area contributed by atoms with E-state index >= 15 is 0 Å². The number of halogens is 1. The van der Waals surface area contributed by atoms with Gasteiger partial charge in [0.2, 0.25) is 5.28 Å². The Morgan fingerprint density at radius 2 is 2.32 bits per heavy atom. The van der Waals surface area contributed by atoms with E-state index in [0.717, 1.165) is 0 Å². The van der Waals surface area contributed by atoms with Crippen molar-refractivity contribution in [3.63, 3.8) is 0 Å². The van der Waals surface area contributed by atoms with Gasteiger partial charge in [0.15, 0.2) is 11.5 Å². The number of ether oxygens (including phenoxy) is 1. The number of nitrogens with zero attached hydrogens (tertiary/aromatic N) is 4. The number of anilines is 1. The standard InChI is InChI=1S/C10H12ClN5O3/c11-10-14-8(12)7-9(15-10)16(3-13-7)6-1-4(18)5(2-17)19-6/h3-6,17-18H,1-2H2,(H2,12,14,15)/t4-,5-,6-/m1/s1. The fraction of sp³-hybridized carbons (Fsp3) is 0.500. The van der Waals surface area contributed by atoms with Crippen molar-refractivity contribution >= 4 is 28.6 Å². The molecule has 2 aromatic rings. The second-order valence-corrected chi connectivity index (χ2v) is 4.65. The summed E-state index contributed by atoms with van der Waals surface area (Å²) in [6.45, 7) is -0.248. The van der Waals surface area contributed by atoms with Crippen molar-refractivity contribution in [3.8, 4) is 0 Å². The number of aliphatic hydroxyl groups is 2. The Hall–Kier alpha value is -1.48. The molecule has 0 unspecified atom stereocenters. The maximum atomic E-state index is 9.74. The van der Waals surface area contributed by atoms with Gasteiger partial charge in [-0.25, -0.2) is 4.98 Å². The summed E-state index contributed by atoms with van der Waals surface area (Å²) < 4.78 is 7.16. The van der Waals surface area contributed by atoms with E-state index in [4.69, 9.17) is 27.2 Å². The minimum Gasteiger partial charge on any atom is -0.394 e. The molecule has 0 saturated carbocycles. The third-order valence-electron chi connectivity index (χ3n) is 3.12. The number of hydrogen-bond acceptors (Lipinski definition) is 7. The number of fused-ring (bicyclic) bond motifs is 1. The first-order valence-electron chi connectivity index (χ1n) is 5.70. The highest BCUT2D eigenvalue weighted by Gasteiger charge is 2.35. The van der Waals surface area contributed by atoms with Gasteiger partial charge in [-0.3, -0.25) is 4.57 Å². The summed E-state index contributed by atoms with van der Waals surface area (Å²) in [5.74, 6) is 0.186. The van der Waals surface area contributed by atoms with Gasteiger partial charge in [-0.15, -0.1) is 0 Å². The highest BCUT2D eigenvalue weighted by molar-refractivity contribution is 6.28. The van der Waals surface area contributed by atoms with E-state index in [9.17, 15) is 5.11 Å². The van der Waals surface area contributed by atoms with E-state index in [2.05, 4.69) is 15.0 Å². The second kappa shape index (κ2) is 4.57. The summed E-state index contributed by atoms with van der Waals surface area (Å²) >= 11 is 5.77. The lowest BCUT2D eigenvalue weighted by atomic mass is 10.2. The molecule has 3 heterocycles. The molecule has 1 aliphatic rings. The maximum absolute atomic E-state index is 9.74. The number of aliphatic hydroxyl groups excluding tert-OH is 2. The van der Waals surface area contributed by atoms with Crippen LogP contribution in [0, 0.1) is 0 Å². The zero-order valence-electron chi connectivity index (χ0n) is 9.77. The molecule has 2 aromatic heterocycles. The van der Waals surface area contributed by atoms with Gasteiger partial charge in [0.25, 0.3) is 0 Å². The normalized spacial score (nSPS) is 27.2. The van der Waals surface area contributed by atoms with E-state index in [1.54, 1.807) is 4.57 Å². The van der Waals surface area contributed by atoms with Crippen LogP contribution >= 0.6 is 11.6 Å². The molecule has 0 bridgehead atoms. The summed E-state index contributed by atoms with van der Waals surface area (Å²) in [5, 5.41) is 18.8. The average Bonchev–Trinajstić information content (AvgIpc) is 2.92. The van der Waals surface area contributed by atoms with Crippen molar-refractivity contribution in [2.75, 3.05) is 12.3 Å². The third kappa shape index (κ3) is 2.02. The molecule has 1 aliphatic heterocycles. The van der Waals surface area contributed by atoms with Crippen molar-refractivity contribution in [2.24, 2.45) is 0 Å². The molecule has 1 saturated heterocycles. The molecule has 0 amide bonds. The first-order chi connectivity index (χ1) is 9.10. The number of rotatable bonds is 2. The van der Waals surface area contributed by atoms with Gasteiger partial charge < -0.3 is 20.7 Å². The number of nitrogen functional groups attached to an aromatic ring is 1. The molecule has 0 radical (unpaired) electrons. The van der Waals surface area contributed by atoms with Crippen LogP contribution < -0.4 is 5.73 Å². The average molecular weight is 286 g/mol. The maximum Gasteiger partial charge on any atom is 0.226 e. The molecule has 3 rings (SSSR count). The third-order valence-corrected chi connectivity index (χ3v) is 3.28. The summed E-state index contributed by atoms with van der Waals surface area (Å²) in [7, 11) is 0. The van der Waals surface area contributed by atoms with E-state index in [1.165, 1.54) is 6.33 Å². The van der Waals surface area contributed by atoms with Crippen LogP contribution in [0.4, 0.5) is 5.82 Å². The zero-order chi connectivity index (χ0) is 13.6. The summed E-state index contributed by atoms with van der Waals surface area (Å²) in [6, 6.07) is 0. The monoisotopic (exact) mass is 285 g/mol. The van der Waals surface area contributed by atoms with Gasteiger partial charge in [0, 0.05) is 6.42 Å². The number of hydrogen-bond donors (Lipinski definition) is 3.